The van der Waals surface area contributed by atoms with Crippen LogP contribution in [0.3, 0.4) is 0 Å². The summed E-state index contributed by atoms with van der Waals surface area (Å²) in [6, 6.07) is 5.36. The molecule has 88 valence electrons. The van der Waals surface area contributed by atoms with Crippen molar-refractivity contribution in [3.8, 4) is 5.75 Å². The predicted octanol–water partition coefficient (Wildman–Crippen LogP) is 3.42. The molecule has 1 N–H and O–H groups in total. The second kappa shape index (κ2) is 6.11. The zero-order valence-electron chi connectivity index (χ0n) is 9.86. The van der Waals surface area contributed by atoms with Gasteiger partial charge in [-0.25, -0.2) is 0 Å². The first-order chi connectivity index (χ1) is 7.58. The highest BCUT2D eigenvalue weighted by atomic mass is 32.2. The van der Waals surface area contributed by atoms with Crippen LogP contribution < -0.4 is 0 Å². The summed E-state index contributed by atoms with van der Waals surface area (Å²) < 4.78 is 0.860. The van der Waals surface area contributed by atoms with Crippen molar-refractivity contribution < 1.29 is 5.11 Å². The minimum Gasteiger partial charge on any atom is -0.508 e. The lowest BCUT2D eigenvalue weighted by atomic mass is 10.2. The van der Waals surface area contributed by atoms with Gasteiger partial charge in [0.25, 0.3) is 0 Å². The third kappa shape index (κ3) is 3.39. The van der Waals surface area contributed by atoms with Gasteiger partial charge < -0.3 is 10.0 Å². The largest absolute Gasteiger partial charge is 0.508 e. The number of phenolic OH excluding ortho intramolecular Hbond substituents is 1. The van der Waals surface area contributed by atoms with Crippen LogP contribution in [0.4, 0.5) is 0 Å². The molecular weight excluding hydrogens is 238 g/mol. The Morgan fingerprint density at radius 2 is 2.00 bits per heavy atom. The Labute approximate surface area is 107 Å². The second-order valence-electron chi connectivity index (χ2n) is 3.49. The molecule has 16 heavy (non-hydrogen) atoms. The van der Waals surface area contributed by atoms with Gasteiger partial charge in [-0.15, -0.1) is 0 Å². The van der Waals surface area contributed by atoms with Crippen molar-refractivity contribution in [3.63, 3.8) is 0 Å². The topological polar surface area (TPSA) is 23.5 Å². The normalized spacial score (nSPS) is 10.2. The fourth-order valence-electron chi connectivity index (χ4n) is 1.34. The van der Waals surface area contributed by atoms with E-state index in [0.717, 1.165) is 27.9 Å². The molecule has 1 aromatic rings. The van der Waals surface area contributed by atoms with E-state index in [1.165, 1.54) is 11.8 Å². The monoisotopic (exact) mass is 255 g/mol. The molecule has 0 fully saturated rings. The molecule has 0 aliphatic carbocycles. The van der Waals surface area contributed by atoms with Gasteiger partial charge in [0.2, 0.25) is 0 Å². The summed E-state index contributed by atoms with van der Waals surface area (Å²) in [5.41, 5.74) is 1.14. The summed E-state index contributed by atoms with van der Waals surface area (Å²) in [5.74, 6) is 0.287. The maximum atomic E-state index is 9.43. The molecule has 0 aliphatic rings. The van der Waals surface area contributed by atoms with Gasteiger partial charge in [-0.05, 0) is 38.5 Å². The zero-order valence-corrected chi connectivity index (χ0v) is 11.5. The highest BCUT2D eigenvalue weighted by molar-refractivity contribution is 8.23. The predicted molar refractivity (Wildman–Crippen MR) is 74.2 cm³/mol. The molecule has 0 aromatic heterocycles. The number of phenols is 1. The number of thioether (sulfide) groups is 1. The minimum absolute atomic E-state index is 0.287. The third-order valence-electron chi connectivity index (χ3n) is 2.39. The lowest BCUT2D eigenvalue weighted by Gasteiger charge is -2.21. The molecule has 0 amide bonds. The number of rotatable bonds is 3. The molecule has 0 heterocycles. The van der Waals surface area contributed by atoms with Crippen LogP contribution in [-0.2, 0) is 0 Å². The van der Waals surface area contributed by atoms with E-state index in [1.807, 2.05) is 13.0 Å². The van der Waals surface area contributed by atoms with E-state index < -0.39 is 0 Å². The highest BCUT2D eigenvalue weighted by Crippen LogP contribution is 2.28. The van der Waals surface area contributed by atoms with Gasteiger partial charge in [0.1, 0.15) is 10.1 Å². The summed E-state index contributed by atoms with van der Waals surface area (Å²) in [7, 11) is 0. The van der Waals surface area contributed by atoms with Crippen LogP contribution >= 0.6 is 24.0 Å². The number of aromatic hydroxyl groups is 1. The van der Waals surface area contributed by atoms with Gasteiger partial charge in [-0.2, -0.15) is 0 Å². The van der Waals surface area contributed by atoms with Crippen molar-refractivity contribution in [2.45, 2.75) is 25.7 Å². The lowest BCUT2D eigenvalue weighted by molar-refractivity contribution is 0.473. The van der Waals surface area contributed by atoms with Gasteiger partial charge in [0.05, 0.1) is 0 Å². The molecule has 2 nitrogen and oxygen atoms in total. The Kier molecular flexibility index (Phi) is 5.09. The molecule has 0 spiro atoms. The molecule has 0 aliphatic heterocycles. The molecule has 0 bridgehead atoms. The Bertz CT molecular complexity index is 375. The van der Waals surface area contributed by atoms with E-state index in [9.17, 15) is 5.11 Å². The van der Waals surface area contributed by atoms with E-state index >= 15 is 0 Å². The molecular formula is C12H17NOS2. The summed E-state index contributed by atoms with van der Waals surface area (Å²) in [6.07, 6.45) is 0. The minimum atomic E-state index is 0.287. The van der Waals surface area contributed by atoms with Gasteiger partial charge >= 0.3 is 0 Å². The standard InChI is InChI=1S/C12H17NOS2/c1-4-13(5-2)12(15)16-11-8-10(14)7-6-9(11)3/h6-8,14H,4-5H2,1-3H3. The lowest BCUT2D eigenvalue weighted by Crippen LogP contribution is -2.26. The van der Waals surface area contributed by atoms with Crippen molar-refractivity contribution >= 4 is 28.3 Å². The highest BCUT2D eigenvalue weighted by Gasteiger charge is 2.09. The van der Waals surface area contributed by atoms with Gasteiger partial charge in [0, 0.05) is 18.0 Å². The molecule has 0 saturated carbocycles. The molecule has 1 rings (SSSR count). The van der Waals surface area contributed by atoms with E-state index in [4.69, 9.17) is 12.2 Å². The van der Waals surface area contributed by atoms with Gasteiger partial charge in [-0.3, -0.25) is 0 Å². The Morgan fingerprint density at radius 3 is 2.56 bits per heavy atom. The van der Waals surface area contributed by atoms with E-state index in [1.54, 1.807) is 12.1 Å². The van der Waals surface area contributed by atoms with E-state index in [0.29, 0.717) is 0 Å². The van der Waals surface area contributed by atoms with Crippen LogP contribution in [0.5, 0.6) is 5.75 Å². The summed E-state index contributed by atoms with van der Waals surface area (Å²) >= 11 is 6.90. The Balaban J connectivity index is 2.80. The summed E-state index contributed by atoms with van der Waals surface area (Å²) in [4.78, 5) is 3.15. The molecule has 0 unspecified atom stereocenters. The maximum absolute atomic E-state index is 9.43. The SMILES string of the molecule is CCN(CC)C(=S)Sc1cc(O)ccc1C. The smallest absolute Gasteiger partial charge is 0.141 e. The maximum Gasteiger partial charge on any atom is 0.141 e. The van der Waals surface area contributed by atoms with Crippen LogP contribution in [0.1, 0.15) is 19.4 Å². The molecule has 0 atom stereocenters. The Hall–Kier alpha value is -0.740. The van der Waals surface area contributed by atoms with Crippen LogP contribution in [0.2, 0.25) is 0 Å². The van der Waals surface area contributed by atoms with Crippen LogP contribution in [0.25, 0.3) is 0 Å². The third-order valence-corrected chi connectivity index (χ3v) is 3.99. The average molecular weight is 255 g/mol. The van der Waals surface area contributed by atoms with Crippen molar-refractivity contribution in [3.05, 3.63) is 23.8 Å². The number of aryl methyl sites for hydroxylation is 1. The van der Waals surface area contributed by atoms with Crippen molar-refractivity contribution in [1.29, 1.82) is 0 Å². The number of hydrogen-bond donors (Lipinski definition) is 1. The first kappa shape index (κ1) is 13.3. The number of thiocarbonyl (C=S) groups is 1. The molecule has 4 heteroatoms. The van der Waals surface area contributed by atoms with Crippen molar-refractivity contribution in [1.82, 2.24) is 4.90 Å². The number of benzene rings is 1. The van der Waals surface area contributed by atoms with E-state index in [2.05, 4.69) is 18.7 Å². The van der Waals surface area contributed by atoms with Gasteiger partial charge in [-0.1, -0.05) is 30.0 Å². The Morgan fingerprint density at radius 1 is 1.38 bits per heavy atom. The molecule has 0 saturated heterocycles. The first-order valence-electron chi connectivity index (χ1n) is 5.34. The van der Waals surface area contributed by atoms with Crippen LogP contribution in [-0.4, -0.2) is 27.4 Å². The molecule has 0 radical (unpaired) electrons. The number of nitrogens with zero attached hydrogens (tertiary/aromatic N) is 1. The van der Waals surface area contributed by atoms with Crippen LogP contribution in [0.15, 0.2) is 23.1 Å². The summed E-state index contributed by atoms with van der Waals surface area (Å²) in [5, 5.41) is 9.43. The quantitative estimate of drug-likeness (QED) is 0.660. The van der Waals surface area contributed by atoms with Crippen molar-refractivity contribution in [2.75, 3.05) is 13.1 Å². The average Bonchev–Trinajstić information content (AvgIpc) is 2.25. The fourth-order valence-corrected chi connectivity index (χ4v) is 2.85. The van der Waals surface area contributed by atoms with E-state index in [-0.39, 0.29) is 5.75 Å². The molecule has 1 aromatic carbocycles. The van der Waals surface area contributed by atoms with Crippen LogP contribution in [0, 0.1) is 6.92 Å². The zero-order chi connectivity index (χ0) is 12.1. The summed E-state index contributed by atoms with van der Waals surface area (Å²) in [6.45, 7) is 8.03. The fraction of sp³-hybridized carbons (Fsp3) is 0.417. The second-order valence-corrected chi connectivity index (χ2v) is 5.17. The first-order valence-corrected chi connectivity index (χ1v) is 6.57. The van der Waals surface area contributed by atoms with Crippen molar-refractivity contribution in [2.24, 2.45) is 0 Å². The number of hydrogen-bond acceptors (Lipinski definition) is 3. The van der Waals surface area contributed by atoms with Gasteiger partial charge in [0.15, 0.2) is 0 Å².